The molecule has 0 aliphatic heterocycles. The molecule has 86 valence electrons. The SMILES string of the molecule is COC(C)CNC(C)c1cc(Cl)sc1Cl. The maximum absolute atomic E-state index is 6.05. The Morgan fingerprint density at radius 1 is 1.47 bits per heavy atom. The molecule has 0 saturated heterocycles. The Morgan fingerprint density at radius 2 is 2.13 bits per heavy atom. The summed E-state index contributed by atoms with van der Waals surface area (Å²) in [6, 6.07) is 2.10. The van der Waals surface area contributed by atoms with Crippen LogP contribution in [0.2, 0.25) is 8.67 Å². The van der Waals surface area contributed by atoms with E-state index in [0.29, 0.717) is 0 Å². The van der Waals surface area contributed by atoms with Crippen molar-refractivity contribution in [3.8, 4) is 0 Å². The second kappa shape index (κ2) is 6.06. The summed E-state index contributed by atoms with van der Waals surface area (Å²) >= 11 is 13.3. The molecule has 1 N–H and O–H groups in total. The van der Waals surface area contributed by atoms with Crippen LogP contribution in [-0.2, 0) is 4.74 Å². The zero-order chi connectivity index (χ0) is 11.4. The van der Waals surface area contributed by atoms with Gasteiger partial charge in [-0.05, 0) is 25.5 Å². The summed E-state index contributed by atoms with van der Waals surface area (Å²) in [6.45, 7) is 4.87. The van der Waals surface area contributed by atoms with Crippen molar-refractivity contribution >= 4 is 34.5 Å². The summed E-state index contributed by atoms with van der Waals surface area (Å²) in [5, 5.41) is 3.34. The van der Waals surface area contributed by atoms with E-state index in [1.807, 2.05) is 13.0 Å². The number of methoxy groups -OCH3 is 1. The second-order valence-corrected chi connectivity index (χ2v) is 5.74. The van der Waals surface area contributed by atoms with E-state index >= 15 is 0 Å². The molecule has 1 aromatic heterocycles. The Hall–Kier alpha value is 0.200. The van der Waals surface area contributed by atoms with Gasteiger partial charge in [-0.15, -0.1) is 11.3 Å². The third kappa shape index (κ3) is 3.93. The molecule has 2 nitrogen and oxygen atoms in total. The van der Waals surface area contributed by atoms with Crippen molar-refractivity contribution in [1.82, 2.24) is 5.32 Å². The third-order valence-corrected chi connectivity index (χ3v) is 3.78. The van der Waals surface area contributed by atoms with Crippen LogP contribution >= 0.6 is 34.5 Å². The molecule has 0 aromatic carbocycles. The molecule has 2 unspecified atom stereocenters. The van der Waals surface area contributed by atoms with Gasteiger partial charge in [-0.1, -0.05) is 23.2 Å². The smallest absolute Gasteiger partial charge is 0.0991 e. The number of hydrogen-bond acceptors (Lipinski definition) is 3. The molecule has 0 aliphatic rings. The molecule has 15 heavy (non-hydrogen) atoms. The average Bonchev–Trinajstić information content (AvgIpc) is 2.53. The highest BCUT2D eigenvalue weighted by molar-refractivity contribution is 7.20. The van der Waals surface area contributed by atoms with Crippen molar-refractivity contribution in [2.75, 3.05) is 13.7 Å². The lowest BCUT2D eigenvalue weighted by Gasteiger charge is -2.16. The quantitative estimate of drug-likeness (QED) is 0.878. The van der Waals surface area contributed by atoms with Gasteiger partial charge in [0.05, 0.1) is 14.8 Å². The largest absolute Gasteiger partial charge is 0.380 e. The van der Waals surface area contributed by atoms with E-state index in [4.69, 9.17) is 27.9 Å². The van der Waals surface area contributed by atoms with Gasteiger partial charge in [0.2, 0.25) is 0 Å². The van der Waals surface area contributed by atoms with Crippen molar-refractivity contribution in [1.29, 1.82) is 0 Å². The average molecular weight is 268 g/mol. The van der Waals surface area contributed by atoms with E-state index in [-0.39, 0.29) is 12.1 Å². The first-order chi connectivity index (χ1) is 7.04. The molecule has 0 bridgehead atoms. The minimum atomic E-state index is 0.193. The molecule has 0 amide bonds. The predicted octanol–water partition coefficient (Wildman–Crippen LogP) is 3.74. The highest BCUT2D eigenvalue weighted by atomic mass is 35.5. The molecule has 1 rings (SSSR count). The fourth-order valence-electron chi connectivity index (χ4n) is 1.18. The number of thiophene rings is 1. The van der Waals surface area contributed by atoms with E-state index in [1.54, 1.807) is 7.11 Å². The van der Waals surface area contributed by atoms with Crippen LogP contribution in [0.4, 0.5) is 0 Å². The standard InChI is InChI=1S/C10H15Cl2NOS/c1-6(14-3)5-13-7(2)8-4-9(11)15-10(8)12/h4,6-7,13H,5H2,1-3H3. The molecule has 0 radical (unpaired) electrons. The van der Waals surface area contributed by atoms with Gasteiger partial charge in [-0.3, -0.25) is 0 Å². The van der Waals surface area contributed by atoms with Crippen LogP contribution in [0.25, 0.3) is 0 Å². The van der Waals surface area contributed by atoms with Gasteiger partial charge < -0.3 is 10.1 Å². The Labute approximate surface area is 105 Å². The van der Waals surface area contributed by atoms with Crippen LogP contribution < -0.4 is 5.32 Å². The molecule has 0 saturated carbocycles. The van der Waals surface area contributed by atoms with Gasteiger partial charge >= 0.3 is 0 Å². The topological polar surface area (TPSA) is 21.3 Å². The number of hydrogen-bond donors (Lipinski definition) is 1. The van der Waals surface area contributed by atoms with Crippen LogP contribution in [0.15, 0.2) is 6.07 Å². The van der Waals surface area contributed by atoms with Crippen LogP contribution in [0.5, 0.6) is 0 Å². The summed E-state index contributed by atoms with van der Waals surface area (Å²) in [7, 11) is 1.70. The Balaban J connectivity index is 2.53. The van der Waals surface area contributed by atoms with Crippen LogP contribution in [0.1, 0.15) is 25.5 Å². The highest BCUT2D eigenvalue weighted by Gasteiger charge is 2.13. The normalized spacial score (nSPS) is 15.3. The molecule has 1 heterocycles. The van der Waals surface area contributed by atoms with Gasteiger partial charge in [0.25, 0.3) is 0 Å². The minimum absolute atomic E-state index is 0.193. The zero-order valence-corrected chi connectivity index (χ0v) is 11.3. The number of halogens is 2. The molecule has 1 aromatic rings. The van der Waals surface area contributed by atoms with Crippen LogP contribution in [-0.4, -0.2) is 19.8 Å². The number of rotatable bonds is 5. The fourth-order valence-corrected chi connectivity index (χ4v) is 2.83. The molecule has 0 aliphatic carbocycles. The van der Waals surface area contributed by atoms with Crippen LogP contribution in [0, 0.1) is 0 Å². The summed E-state index contributed by atoms with van der Waals surface area (Å²) in [5.74, 6) is 0. The third-order valence-electron chi connectivity index (χ3n) is 2.26. The summed E-state index contributed by atoms with van der Waals surface area (Å²) in [5.41, 5.74) is 1.05. The van der Waals surface area contributed by atoms with E-state index in [1.165, 1.54) is 11.3 Å². The van der Waals surface area contributed by atoms with Gasteiger partial charge in [0.1, 0.15) is 0 Å². The molecule has 0 fully saturated rings. The predicted molar refractivity (Wildman–Crippen MR) is 67.2 cm³/mol. The molecule has 2 atom stereocenters. The van der Waals surface area contributed by atoms with Crippen molar-refractivity contribution < 1.29 is 4.74 Å². The maximum atomic E-state index is 6.05. The fraction of sp³-hybridized carbons (Fsp3) is 0.600. The second-order valence-electron chi connectivity index (χ2n) is 3.46. The first-order valence-electron chi connectivity index (χ1n) is 4.75. The number of ether oxygens (including phenoxy) is 1. The Morgan fingerprint density at radius 3 is 2.60 bits per heavy atom. The van der Waals surface area contributed by atoms with Crippen molar-refractivity contribution in [3.63, 3.8) is 0 Å². The lowest BCUT2D eigenvalue weighted by atomic mass is 10.2. The van der Waals surface area contributed by atoms with Crippen molar-refractivity contribution in [3.05, 3.63) is 20.3 Å². The van der Waals surface area contributed by atoms with Gasteiger partial charge in [-0.25, -0.2) is 0 Å². The molecular formula is C10H15Cl2NOS. The first kappa shape index (κ1) is 13.3. The van der Waals surface area contributed by atoms with Crippen molar-refractivity contribution in [2.45, 2.75) is 26.0 Å². The van der Waals surface area contributed by atoms with Crippen LogP contribution in [0.3, 0.4) is 0 Å². The van der Waals surface area contributed by atoms with E-state index < -0.39 is 0 Å². The summed E-state index contributed by atoms with van der Waals surface area (Å²) in [6.07, 6.45) is 0.195. The lowest BCUT2D eigenvalue weighted by molar-refractivity contribution is 0.115. The summed E-state index contributed by atoms with van der Waals surface area (Å²) in [4.78, 5) is 0. The van der Waals surface area contributed by atoms with Gasteiger partial charge in [0.15, 0.2) is 0 Å². The van der Waals surface area contributed by atoms with Crippen molar-refractivity contribution in [2.24, 2.45) is 0 Å². The maximum Gasteiger partial charge on any atom is 0.0991 e. The van der Waals surface area contributed by atoms with Gasteiger partial charge in [0, 0.05) is 19.7 Å². The Kier molecular flexibility index (Phi) is 5.36. The first-order valence-corrected chi connectivity index (χ1v) is 6.32. The minimum Gasteiger partial charge on any atom is -0.380 e. The highest BCUT2D eigenvalue weighted by Crippen LogP contribution is 2.34. The number of nitrogens with one attached hydrogen (secondary N) is 1. The molecule has 0 spiro atoms. The zero-order valence-electron chi connectivity index (χ0n) is 9.01. The Bertz CT molecular complexity index is 316. The monoisotopic (exact) mass is 267 g/mol. The van der Waals surface area contributed by atoms with E-state index in [2.05, 4.69) is 12.2 Å². The molecule has 5 heteroatoms. The van der Waals surface area contributed by atoms with E-state index in [0.717, 1.165) is 20.8 Å². The summed E-state index contributed by atoms with van der Waals surface area (Å²) < 4.78 is 6.63. The lowest BCUT2D eigenvalue weighted by Crippen LogP contribution is -2.28. The molecular weight excluding hydrogens is 253 g/mol. The van der Waals surface area contributed by atoms with E-state index in [9.17, 15) is 0 Å². The van der Waals surface area contributed by atoms with Gasteiger partial charge in [-0.2, -0.15) is 0 Å².